The normalized spacial score (nSPS) is 24.7. The Balaban J connectivity index is 2.15. The van der Waals surface area contributed by atoms with Gasteiger partial charge in [-0.2, -0.15) is 0 Å². The van der Waals surface area contributed by atoms with Gasteiger partial charge in [-0.3, -0.25) is 4.79 Å². The summed E-state index contributed by atoms with van der Waals surface area (Å²) in [6, 6.07) is 10.4. The number of unbranched alkanes of at least 4 members (excludes halogenated alkanes) is 1. The molecule has 0 amide bonds. The lowest BCUT2D eigenvalue weighted by Gasteiger charge is -2.38. The van der Waals surface area contributed by atoms with Crippen molar-refractivity contribution in [3.63, 3.8) is 0 Å². The number of hydrogen-bond donors (Lipinski definition) is 1. The molecule has 1 saturated carbocycles. The van der Waals surface area contributed by atoms with E-state index in [1.165, 1.54) is 18.4 Å². The molecule has 1 aliphatic carbocycles. The van der Waals surface area contributed by atoms with Gasteiger partial charge in [0.15, 0.2) is 0 Å². The molecule has 1 N–H and O–H groups in total. The third kappa shape index (κ3) is 6.34. The van der Waals surface area contributed by atoms with Gasteiger partial charge in [-0.25, -0.2) is 0 Å². The second-order valence-corrected chi connectivity index (χ2v) is 9.01. The number of hydrogen-bond acceptors (Lipinski definition) is 3. The average Bonchev–Trinajstić information content (AvgIpc) is 2.68. The van der Waals surface area contributed by atoms with E-state index in [9.17, 15) is 4.79 Å². The number of nitrogens with one attached hydrogen (secondary N) is 1. The second kappa shape index (κ2) is 11.6. The molecule has 28 heavy (non-hydrogen) atoms. The smallest absolute Gasteiger partial charge is 0.311 e. The monoisotopic (exact) mass is 387 g/mol. The first-order chi connectivity index (χ1) is 13.5. The summed E-state index contributed by atoms with van der Waals surface area (Å²) in [4.78, 5) is 13.3. The molecule has 5 atom stereocenters. The number of carbonyl (C=O) groups excluding carboxylic acids is 1. The molecule has 0 bridgehead atoms. The summed E-state index contributed by atoms with van der Waals surface area (Å²) >= 11 is 0. The Morgan fingerprint density at radius 2 is 1.89 bits per heavy atom. The highest BCUT2D eigenvalue weighted by atomic mass is 16.5. The fourth-order valence-electron chi connectivity index (χ4n) is 4.61. The minimum atomic E-state index is -0.149. The molecule has 0 aromatic heterocycles. The van der Waals surface area contributed by atoms with Crippen molar-refractivity contribution in [2.45, 2.75) is 85.3 Å². The van der Waals surface area contributed by atoms with Crippen LogP contribution in [0, 0.1) is 23.7 Å². The Morgan fingerprint density at radius 1 is 1.18 bits per heavy atom. The lowest BCUT2D eigenvalue weighted by Crippen LogP contribution is -2.40. The van der Waals surface area contributed by atoms with Gasteiger partial charge in [-0.1, -0.05) is 77.8 Å². The fourth-order valence-corrected chi connectivity index (χ4v) is 4.61. The van der Waals surface area contributed by atoms with E-state index < -0.39 is 0 Å². The highest BCUT2D eigenvalue weighted by Crippen LogP contribution is 2.36. The Labute approximate surface area is 172 Å². The summed E-state index contributed by atoms with van der Waals surface area (Å²) < 4.78 is 6.22. The molecule has 0 unspecified atom stereocenters. The lowest BCUT2D eigenvalue weighted by atomic mass is 9.75. The van der Waals surface area contributed by atoms with E-state index in [4.69, 9.17) is 4.74 Å². The Morgan fingerprint density at radius 3 is 2.50 bits per heavy atom. The maximum absolute atomic E-state index is 13.3. The van der Waals surface area contributed by atoms with Crippen molar-refractivity contribution in [1.82, 2.24) is 5.32 Å². The Bertz CT molecular complexity index is 571. The van der Waals surface area contributed by atoms with Crippen LogP contribution in [0.2, 0.25) is 0 Å². The number of benzene rings is 1. The van der Waals surface area contributed by atoms with E-state index in [0.717, 1.165) is 32.2 Å². The van der Waals surface area contributed by atoms with Crippen molar-refractivity contribution in [2.24, 2.45) is 23.7 Å². The van der Waals surface area contributed by atoms with Crippen LogP contribution in [0.1, 0.15) is 84.7 Å². The summed E-state index contributed by atoms with van der Waals surface area (Å²) in [5.41, 5.74) is 1.18. The van der Waals surface area contributed by atoms with Crippen molar-refractivity contribution < 1.29 is 9.53 Å². The SMILES string of the molecule is CCCCN[C@@H](c1ccccc1)[C@@H](CC)C(=O)O[C@@H]1C[C@H](C)CC[C@H]1C(C)C. The molecule has 0 saturated heterocycles. The Hall–Kier alpha value is -1.35. The largest absolute Gasteiger partial charge is 0.462 e. The van der Waals surface area contributed by atoms with Crippen LogP contribution in [-0.2, 0) is 9.53 Å². The molecular weight excluding hydrogens is 346 g/mol. The predicted octanol–water partition coefficient (Wildman–Crippen LogP) is 6.15. The van der Waals surface area contributed by atoms with Crippen LogP contribution in [0.5, 0.6) is 0 Å². The first-order valence-corrected chi connectivity index (χ1v) is 11.5. The second-order valence-electron chi connectivity index (χ2n) is 9.01. The average molecular weight is 388 g/mol. The third-order valence-corrected chi connectivity index (χ3v) is 6.43. The van der Waals surface area contributed by atoms with Gasteiger partial charge in [-0.15, -0.1) is 0 Å². The molecule has 0 spiro atoms. The first kappa shape index (κ1) is 22.9. The van der Waals surface area contributed by atoms with E-state index in [-0.39, 0.29) is 24.0 Å². The van der Waals surface area contributed by atoms with Crippen molar-refractivity contribution in [3.8, 4) is 0 Å². The van der Waals surface area contributed by atoms with Crippen LogP contribution in [0.4, 0.5) is 0 Å². The van der Waals surface area contributed by atoms with Crippen LogP contribution in [0.15, 0.2) is 30.3 Å². The van der Waals surface area contributed by atoms with Crippen molar-refractivity contribution in [2.75, 3.05) is 6.54 Å². The van der Waals surface area contributed by atoms with E-state index in [2.05, 4.69) is 64.2 Å². The summed E-state index contributed by atoms with van der Waals surface area (Å²) in [7, 11) is 0. The van der Waals surface area contributed by atoms with Crippen LogP contribution in [0.3, 0.4) is 0 Å². The molecule has 1 aromatic rings. The summed E-state index contributed by atoms with van der Waals surface area (Å²) in [5, 5.41) is 3.65. The molecule has 0 aliphatic heterocycles. The zero-order chi connectivity index (χ0) is 20.5. The molecule has 1 aromatic carbocycles. The molecule has 3 nitrogen and oxygen atoms in total. The van der Waals surface area contributed by atoms with Gasteiger partial charge in [0, 0.05) is 6.04 Å². The quantitative estimate of drug-likeness (QED) is 0.387. The number of rotatable bonds is 10. The molecular formula is C25H41NO2. The van der Waals surface area contributed by atoms with Crippen molar-refractivity contribution >= 4 is 5.97 Å². The van der Waals surface area contributed by atoms with Crippen LogP contribution in [0.25, 0.3) is 0 Å². The first-order valence-electron chi connectivity index (χ1n) is 11.5. The van der Waals surface area contributed by atoms with Gasteiger partial charge >= 0.3 is 5.97 Å². The summed E-state index contributed by atoms with van der Waals surface area (Å²) in [6.07, 6.45) is 6.54. The van der Waals surface area contributed by atoms with Crippen molar-refractivity contribution in [1.29, 1.82) is 0 Å². The molecule has 0 heterocycles. The van der Waals surface area contributed by atoms with E-state index in [0.29, 0.717) is 17.8 Å². The van der Waals surface area contributed by atoms with Crippen LogP contribution in [-0.4, -0.2) is 18.6 Å². The number of carbonyl (C=O) groups is 1. The predicted molar refractivity (Wildman–Crippen MR) is 117 cm³/mol. The maximum Gasteiger partial charge on any atom is 0.311 e. The van der Waals surface area contributed by atoms with Crippen LogP contribution < -0.4 is 5.32 Å². The Kier molecular flexibility index (Phi) is 9.50. The van der Waals surface area contributed by atoms with Gasteiger partial charge in [-0.05, 0) is 55.5 Å². The summed E-state index contributed by atoms with van der Waals surface area (Å²) in [5.74, 6) is 1.51. The molecule has 2 rings (SSSR count). The molecule has 1 fully saturated rings. The zero-order valence-electron chi connectivity index (χ0n) is 18.6. The maximum atomic E-state index is 13.3. The standard InChI is InChI=1S/C25H41NO2/c1-6-8-16-26-24(20-12-10-9-11-13-20)21(7-2)25(27)28-23-17-19(5)14-15-22(23)18(3)4/h9-13,18-19,21-24,26H,6-8,14-17H2,1-5H3/t19-,21-,22+,23-,24+/m1/s1. The molecule has 1 aliphatic rings. The minimum Gasteiger partial charge on any atom is -0.462 e. The highest BCUT2D eigenvalue weighted by molar-refractivity contribution is 5.74. The lowest BCUT2D eigenvalue weighted by molar-refractivity contribution is -0.162. The molecule has 0 radical (unpaired) electrons. The summed E-state index contributed by atoms with van der Waals surface area (Å²) in [6.45, 7) is 12.0. The number of esters is 1. The molecule has 3 heteroatoms. The van der Waals surface area contributed by atoms with Gasteiger partial charge in [0.05, 0.1) is 5.92 Å². The van der Waals surface area contributed by atoms with Crippen LogP contribution >= 0.6 is 0 Å². The number of ether oxygens (including phenoxy) is 1. The minimum absolute atomic E-state index is 0.0174. The van der Waals surface area contributed by atoms with Gasteiger partial charge < -0.3 is 10.1 Å². The zero-order valence-corrected chi connectivity index (χ0v) is 18.6. The van der Waals surface area contributed by atoms with Gasteiger partial charge in [0.1, 0.15) is 6.10 Å². The van der Waals surface area contributed by atoms with E-state index >= 15 is 0 Å². The van der Waals surface area contributed by atoms with Crippen molar-refractivity contribution in [3.05, 3.63) is 35.9 Å². The van der Waals surface area contributed by atoms with Gasteiger partial charge in [0.2, 0.25) is 0 Å². The van der Waals surface area contributed by atoms with E-state index in [1.807, 2.05) is 6.07 Å². The molecule has 158 valence electrons. The highest BCUT2D eigenvalue weighted by Gasteiger charge is 2.36. The van der Waals surface area contributed by atoms with Gasteiger partial charge in [0.25, 0.3) is 0 Å². The van der Waals surface area contributed by atoms with E-state index in [1.54, 1.807) is 0 Å². The topological polar surface area (TPSA) is 38.3 Å². The third-order valence-electron chi connectivity index (χ3n) is 6.43. The fraction of sp³-hybridized carbons (Fsp3) is 0.720.